The van der Waals surface area contributed by atoms with E-state index in [2.05, 4.69) is 5.32 Å². The lowest BCUT2D eigenvalue weighted by Gasteiger charge is -2.26. The number of rotatable bonds is 7. The van der Waals surface area contributed by atoms with Gasteiger partial charge >= 0.3 is 5.97 Å². The van der Waals surface area contributed by atoms with Crippen molar-refractivity contribution in [2.45, 2.75) is 38.6 Å². The molecule has 1 heterocycles. The number of nitrogens with zero attached hydrogens (tertiary/aromatic N) is 1. The number of anilines is 1. The molecule has 7 nitrogen and oxygen atoms in total. The van der Waals surface area contributed by atoms with Crippen LogP contribution in [-0.2, 0) is 30.3 Å². The number of fused-ring (bicyclic) bond motifs is 5. The molecule has 0 spiro atoms. The van der Waals surface area contributed by atoms with Crippen LogP contribution in [-0.4, -0.2) is 41.2 Å². The number of hydrogen-bond acceptors (Lipinski definition) is 5. The van der Waals surface area contributed by atoms with Crippen molar-refractivity contribution in [3.8, 4) is 0 Å². The first-order chi connectivity index (χ1) is 16.4. The number of ether oxygens (including phenoxy) is 1. The van der Waals surface area contributed by atoms with Crippen LogP contribution in [0.25, 0.3) is 0 Å². The third-order valence-electron chi connectivity index (χ3n) is 7.46. The fourth-order valence-electron chi connectivity index (χ4n) is 6.01. The van der Waals surface area contributed by atoms with Gasteiger partial charge in [-0.1, -0.05) is 42.5 Å². The summed E-state index contributed by atoms with van der Waals surface area (Å²) in [5.41, 5.74) is 2.41. The number of amides is 3. The fraction of sp³-hybridized carbons (Fsp3) is 0.407. The quantitative estimate of drug-likeness (QED) is 0.506. The molecule has 1 aliphatic heterocycles. The zero-order valence-electron chi connectivity index (χ0n) is 19.1. The van der Waals surface area contributed by atoms with Gasteiger partial charge in [-0.05, 0) is 61.3 Å². The van der Waals surface area contributed by atoms with Crippen LogP contribution in [0.1, 0.15) is 30.4 Å². The van der Waals surface area contributed by atoms with Gasteiger partial charge in [-0.25, -0.2) is 4.79 Å². The molecule has 3 fully saturated rings. The van der Waals surface area contributed by atoms with Crippen molar-refractivity contribution >= 4 is 29.4 Å². The Hall–Kier alpha value is -3.48. The number of carbonyl (C=O) groups excluding carboxylic acids is 4. The minimum atomic E-state index is -1.08. The standard InChI is InChI=1S/C27H28N2O5/c1-16-6-5-9-20(12-16)28-22(30)15-34-27(33)21(13-17-7-3-2-4-8-17)29-25(31)23-18-10-11-19(14-18)24(23)26(29)32/h2-9,12,18-19,21,23-24H,10-11,13-15H2,1H3,(H,28,30)/t18-,19-,21-,23+,24+/m0/s1. The Morgan fingerprint density at radius 2 is 1.68 bits per heavy atom. The highest BCUT2D eigenvalue weighted by molar-refractivity contribution is 6.08. The summed E-state index contributed by atoms with van der Waals surface area (Å²) in [6, 6.07) is 15.5. The van der Waals surface area contributed by atoms with Crippen LogP contribution >= 0.6 is 0 Å². The van der Waals surface area contributed by atoms with Crippen LogP contribution in [0.5, 0.6) is 0 Å². The van der Waals surface area contributed by atoms with Crippen molar-refractivity contribution in [3.63, 3.8) is 0 Å². The molecule has 2 aromatic carbocycles. The maximum atomic E-state index is 13.4. The lowest BCUT2D eigenvalue weighted by molar-refractivity contribution is -0.160. The molecule has 7 heteroatoms. The second-order valence-corrected chi connectivity index (χ2v) is 9.66. The van der Waals surface area contributed by atoms with Crippen LogP contribution in [0, 0.1) is 30.6 Å². The third-order valence-corrected chi connectivity index (χ3v) is 7.46. The van der Waals surface area contributed by atoms with Gasteiger partial charge in [0.1, 0.15) is 6.04 Å². The second kappa shape index (κ2) is 9.05. The maximum Gasteiger partial charge on any atom is 0.330 e. The van der Waals surface area contributed by atoms with Crippen molar-refractivity contribution in [2.24, 2.45) is 23.7 Å². The molecule has 0 aromatic heterocycles. The lowest BCUT2D eigenvalue weighted by atomic mass is 9.81. The number of esters is 1. The van der Waals surface area contributed by atoms with Crippen LogP contribution in [0.2, 0.25) is 0 Å². The van der Waals surface area contributed by atoms with E-state index in [0.717, 1.165) is 35.3 Å². The molecule has 2 aromatic rings. The molecule has 1 N–H and O–H groups in total. The Morgan fingerprint density at radius 3 is 2.32 bits per heavy atom. The lowest BCUT2D eigenvalue weighted by Crippen LogP contribution is -2.48. The minimum Gasteiger partial charge on any atom is -0.454 e. The van der Waals surface area contributed by atoms with E-state index >= 15 is 0 Å². The highest BCUT2D eigenvalue weighted by Crippen LogP contribution is 2.56. The van der Waals surface area contributed by atoms with Gasteiger partial charge in [0.2, 0.25) is 11.8 Å². The number of aryl methyl sites for hydroxylation is 1. The van der Waals surface area contributed by atoms with E-state index < -0.39 is 24.5 Å². The highest BCUT2D eigenvalue weighted by Gasteiger charge is 2.62. The molecule has 34 heavy (non-hydrogen) atoms. The molecule has 2 saturated carbocycles. The number of hydrogen-bond donors (Lipinski definition) is 1. The number of likely N-dealkylation sites (tertiary alicyclic amines) is 1. The smallest absolute Gasteiger partial charge is 0.330 e. The van der Waals surface area contributed by atoms with E-state index in [0.29, 0.717) is 5.69 Å². The zero-order chi connectivity index (χ0) is 23.8. The summed E-state index contributed by atoms with van der Waals surface area (Å²) >= 11 is 0. The van der Waals surface area contributed by atoms with Crippen molar-refractivity contribution in [2.75, 3.05) is 11.9 Å². The van der Waals surface area contributed by atoms with E-state index in [9.17, 15) is 19.2 Å². The van der Waals surface area contributed by atoms with Gasteiger partial charge in [0.15, 0.2) is 6.61 Å². The number of benzene rings is 2. The molecule has 5 rings (SSSR count). The predicted molar refractivity (Wildman–Crippen MR) is 124 cm³/mol. The number of nitrogens with one attached hydrogen (secondary N) is 1. The molecule has 5 atom stereocenters. The van der Waals surface area contributed by atoms with Crippen molar-refractivity contribution in [1.29, 1.82) is 0 Å². The molecule has 1 saturated heterocycles. The SMILES string of the molecule is Cc1cccc(NC(=O)COC(=O)[C@H](Cc2ccccc2)N2C(=O)[C@@H]3[C@H]4CC[C@@H](C4)[C@H]3C2=O)c1. The van der Waals surface area contributed by atoms with Gasteiger partial charge in [0.05, 0.1) is 11.8 Å². The monoisotopic (exact) mass is 460 g/mol. The first kappa shape index (κ1) is 22.3. The Morgan fingerprint density at radius 1 is 1.00 bits per heavy atom. The normalized spacial score (nSPS) is 25.9. The fourth-order valence-corrected chi connectivity index (χ4v) is 6.01. The van der Waals surface area contributed by atoms with Gasteiger partial charge in [-0.3, -0.25) is 19.3 Å². The summed E-state index contributed by atoms with van der Waals surface area (Å²) in [6.45, 7) is 1.42. The Balaban J connectivity index is 1.32. The van der Waals surface area contributed by atoms with Crippen molar-refractivity contribution in [3.05, 3.63) is 65.7 Å². The van der Waals surface area contributed by atoms with E-state index in [1.807, 2.05) is 55.5 Å². The molecule has 176 valence electrons. The summed E-state index contributed by atoms with van der Waals surface area (Å²) in [6.07, 6.45) is 3.01. The Bertz CT molecular complexity index is 1100. The van der Waals surface area contributed by atoms with Crippen molar-refractivity contribution < 1.29 is 23.9 Å². The van der Waals surface area contributed by atoms with Crippen LogP contribution in [0.3, 0.4) is 0 Å². The Kier molecular flexibility index (Phi) is 5.94. The minimum absolute atomic E-state index is 0.158. The summed E-state index contributed by atoms with van der Waals surface area (Å²) < 4.78 is 5.34. The van der Waals surface area contributed by atoms with Crippen LogP contribution < -0.4 is 5.32 Å². The van der Waals surface area contributed by atoms with E-state index in [1.165, 1.54) is 0 Å². The first-order valence-corrected chi connectivity index (χ1v) is 11.9. The van der Waals surface area contributed by atoms with Gasteiger partial charge in [0, 0.05) is 12.1 Å². The van der Waals surface area contributed by atoms with Crippen LogP contribution in [0.4, 0.5) is 5.69 Å². The molecule has 0 unspecified atom stereocenters. The molecular weight excluding hydrogens is 432 g/mol. The average Bonchev–Trinajstić information content (AvgIpc) is 3.51. The number of carbonyl (C=O) groups is 4. The van der Waals surface area contributed by atoms with Gasteiger partial charge < -0.3 is 10.1 Å². The van der Waals surface area contributed by atoms with Crippen molar-refractivity contribution in [1.82, 2.24) is 4.90 Å². The van der Waals surface area contributed by atoms with E-state index in [-0.39, 0.29) is 41.9 Å². The van der Waals surface area contributed by atoms with E-state index in [4.69, 9.17) is 4.74 Å². The molecular formula is C27H28N2O5. The zero-order valence-corrected chi connectivity index (χ0v) is 19.1. The van der Waals surface area contributed by atoms with Gasteiger partial charge in [-0.15, -0.1) is 0 Å². The summed E-state index contributed by atoms with van der Waals surface area (Å²) in [7, 11) is 0. The molecule has 3 amide bonds. The first-order valence-electron chi connectivity index (χ1n) is 11.9. The Labute approximate surface area is 198 Å². The molecule has 2 aliphatic carbocycles. The molecule has 3 aliphatic rings. The number of imide groups is 1. The second-order valence-electron chi connectivity index (χ2n) is 9.66. The topological polar surface area (TPSA) is 92.8 Å². The third kappa shape index (κ3) is 4.11. The highest BCUT2D eigenvalue weighted by atomic mass is 16.5. The van der Waals surface area contributed by atoms with Gasteiger partial charge in [-0.2, -0.15) is 0 Å². The molecule has 0 radical (unpaired) electrons. The maximum absolute atomic E-state index is 13.4. The largest absolute Gasteiger partial charge is 0.454 e. The predicted octanol–water partition coefficient (Wildman–Crippen LogP) is 3.12. The van der Waals surface area contributed by atoms with E-state index in [1.54, 1.807) is 6.07 Å². The van der Waals surface area contributed by atoms with Gasteiger partial charge in [0.25, 0.3) is 5.91 Å². The summed E-state index contributed by atoms with van der Waals surface area (Å²) in [5, 5.41) is 2.70. The average molecular weight is 461 g/mol. The summed E-state index contributed by atoms with van der Waals surface area (Å²) in [4.78, 5) is 53.4. The summed E-state index contributed by atoms with van der Waals surface area (Å²) in [5.74, 6) is -1.92. The van der Waals surface area contributed by atoms with Crippen LogP contribution in [0.15, 0.2) is 54.6 Å². The molecule has 2 bridgehead atoms.